The molecule has 3 N–H and O–H groups in total. The van der Waals surface area contributed by atoms with Gasteiger partial charge in [0, 0.05) is 6.42 Å². The van der Waals surface area contributed by atoms with Gasteiger partial charge in [0.05, 0.1) is 0 Å². The Morgan fingerprint density at radius 1 is 1.28 bits per heavy atom. The van der Waals surface area contributed by atoms with Crippen molar-refractivity contribution in [2.24, 2.45) is 0 Å². The fourth-order valence-electron chi connectivity index (χ4n) is 1.86. The first-order valence-corrected chi connectivity index (χ1v) is 8.28. The Bertz CT molecular complexity index is 770. The molecule has 9 heteroatoms. The summed E-state index contributed by atoms with van der Waals surface area (Å²) in [5.41, 5.74) is 0.636. The van der Waals surface area contributed by atoms with Crippen LogP contribution in [0.2, 0.25) is 0 Å². The van der Waals surface area contributed by atoms with Crippen molar-refractivity contribution in [2.45, 2.75) is 24.9 Å². The zero-order valence-electron chi connectivity index (χ0n) is 13.4. The number of aromatic nitrogens is 3. The number of nitrogens with one attached hydrogen (secondary N) is 1. The first-order chi connectivity index (χ1) is 12.0. The monoisotopic (exact) mass is 363 g/mol. The van der Waals surface area contributed by atoms with E-state index in [-0.39, 0.29) is 4.91 Å². The van der Waals surface area contributed by atoms with Gasteiger partial charge in [-0.2, -0.15) is 0 Å². The summed E-state index contributed by atoms with van der Waals surface area (Å²) in [5.74, 6) is -1.04. The summed E-state index contributed by atoms with van der Waals surface area (Å²) in [6, 6.07) is 6.43. The van der Waals surface area contributed by atoms with Crippen LogP contribution in [0.15, 0.2) is 34.3 Å². The highest BCUT2D eigenvalue weighted by atomic mass is 32.2. The van der Waals surface area contributed by atoms with E-state index in [1.54, 1.807) is 24.3 Å². The molecule has 0 aliphatic carbocycles. The van der Waals surface area contributed by atoms with Gasteiger partial charge in [0.15, 0.2) is 6.61 Å². The average Bonchev–Trinajstić information content (AvgIpc) is 3.01. The molecule has 2 rings (SSSR count). The Morgan fingerprint density at radius 3 is 2.60 bits per heavy atom. The molecule has 1 heterocycles. The number of nitrogens with zero attached hydrogens (tertiary/aromatic N) is 2. The molecule has 0 saturated heterocycles. The molecule has 0 spiro atoms. The molecule has 132 valence electrons. The largest absolute Gasteiger partial charge is 0.482 e. The van der Waals surface area contributed by atoms with E-state index >= 15 is 0 Å². The molecule has 0 unspecified atom stereocenters. The van der Waals surface area contributed by atoms with Gasteiger partial charge >= 0.3 is 11.9 Å². The van der Waals surface area contributed by atoms with Gasteiger partial charge in [0.2, 0.25) is 5.16 Å². The molecule has 25 heavy (non-hydrogen) atoms. The van der Waals surface area contributed by atoms with Gasteiger partial charge in [-0.05, 0) is 42.0 Å². The highest BCUT2D eigenvalue weighted by Gasteiger charge is 2.13. The van der Waals surface area contributed by atoms with Crippen LogP contribution >= 0.6 is 11.8 Å². The van der Waals surface area contributed by atoms with Crippen molar-refractivity contribution in [1.82, 2.24) is 15.2 Å². The SMILES string of the molecule is CCCc1nc(S/C(=C\c2ccc(OCC(=O)O)cc2)C(=O)O)n[nH]1. The second kappa shape index (κ2) is 8.88. The van der Waals surface area contributed by atoms with E-state index < -0.39 is 18.5 Å². The van der Waals surface area contributed by atoms with E-state index in [9.17, 15) is 14.7 Å². The Balaban J connectivity index is 2.10. The quantitative estimate of drug-likeness (QED) is 0.458. The van der Waals surface area contributed by atoms with E-state index in [0.717, 1.165) is 30.4 Å². The van der Waals surface area contributed by atoms with Crippen molar-refractivity contribution in [3.63, 3.8) is 0 Å². The smallest absolute Gasteiger partial charge is 0.342 e. The van der Waals surface area contributed by atoms with Crippen LogP contribution in [0.3, 0.4) is 0 Å². The number of aliphatic carboxylic acids is 2. The number of carbonyl (C=O) groups is 2. The normalized spacial score (nSPS) is 11.3. The summed E-state index contributed by atoms with van der Waals surface area (Å²) < 4.78 is 5.03. The first-order valence-electron chi connectivity index (χ1n) is 7.46. The molecular formula is C16H17N3O5S. The molecule has 0 saturated carbocycles. The molecule has 0 amide bonds. The lowest BCUT2D eigenvalue weighted by molar-refractivity contribution is -0.139. The molecule has 0 bridgehead atoms. The number of rotatable bonds is 9. The molecule has 0 fully saturated rings. The van der Waals surface area contributed by atoms with Gasteiger partial charge in [0.25, 0.3) is 0 Å². The number of carboxylic acid groups (broad SMARTS) is 2. The number of benzene rings is 1. The van der Waals surface area contributed by atoms with E-state index in [0.29, 0.717) is 16.5 Å². The number of carboxylic acids is 2. The Hall–Kier alpha value is -2.81. The lowest BCUT2D eigenvalue weighted by atomic mass is 10.2. The van der Waals surface area contributed by atoms with Gasteiger partial charge in [-0.15, -0.1) is 5.10 Å². The van der Waals surface area contributed by atoms with Crippen molar-refractivity contribution in [3.8, 4) is 5.75 Å². The van der Waals surface area contributed by atoms with Crippen molar-refractivity contribution in [2.75, 3.05) is 6.61 Å². The predicted octanol–water partition coefficient (Wildman–Crippen LogP) is 2.44. The van der Waals surface area contributed by atoms with Crippen LogP contribution in [0.4, 0.5) is 0 Å². The van der Waals surface area contributed by atoms with Crippen molar-refractivity contribution < 1.29 is 24.5 Å². The maximum atomic E-state index is 11.4. The number of hydrogen-bond acceptors (Lipinski definition) is 6. The maximum Gasteiger partial charge on any atom is 0.342 e. The lowest BCUT2D eigenvalue weighted by Crippen LogP contribution is -2.09. The second-order valence-corrected chi connectivity index (χ2v) is 5.99. The van der Waals surface area contributed by atoms with Crippen molar-refractivity contribution in [3.05, 3.63) is 40.6 Å². The van der Waals surface area contributed by atoms with E-state index in [2.05, 4.69) is 15.2 Å². The first kappa shape index (κ1) is 18.5. The number of H-pyrrole nitrogens is 1. The van der Waals surface area contributed by atoms with Crippen LogP contribution < -0.4 is 4.74 Å². The summed E-state index contributed by atoms with van der Waals surface area (Å²) in [6.07, 6.45) is 3.15. The molecule has 1 aromatic carbocycles. The van der Waals surface area contributed by atoms with E-state index in [1.165, 1.54) is 6.08 Å². The van der Waals surface area contributed by atoms with Gasteiger partial charge in [-0.3, -0.25) is 5.10 Å². The number of aromatic amines is 1. The van der Waals surface area contributed by atoms with Crippen LogP contribution in [-0.2, 0) is 16.0 Å². The summed E-state index contributed by atoms with van der Waals surface area (Å²) in [6.45, 7) is 1.58. The Morgan fingerprint density at radius 2 is 2.00 bits per heavy atom. The summed E-state index contributed by atoms with van der Waals surface area (Å²) in [5, 5.41) is 25.1. The predicted molar refractivity (Wildman–Crippen MR) is 91.4 cm³/mol. The van der Waals surface area contributed by atoms with Gasteiger partial charge in [-0.25, -0.2) is 14.6 Å². The van der Waals surface area contributed by atoms with Crippen LogP contribution in [0.1, 0.15) is 24.7 Å². The topological polar surface area (TPSA) is 125 Å². The fraction of sp³-hybridized carbons (Fsp3) is 0.250. The van der Waals surface area contributed by atoms with Gasteiger partial charge in [-0.1, -0.05) is 19.1 Å². The Kier molecular flexibility index (Phi) is 6.58. The molecule has 2 aromatic rings. The van der Waals surface area contributed by atoms with Crippen LogP contribution in [0, 0.1) is 0 Å². The lowest BCUT2D eigenvalue weighted by Gasteiger charge is -2.04. The molecule has 1 aromatic heterocycles. The summed E-state index contributed by atoms with van der Waals surface area (Å²) in [7, 11) is 0. The average molecular weight is 363 g/mol. The van der Waals surface area contributed by atoms with E-state index in [1.807, 2.05) is 6.92 Å². The standard InChI is InChI=1S/C16H17N3O5S/c1-2-3-13-17-16(19-18-13)25-12(15(22)23)8-10-4-6-11(7-5-10)24-9-14(20)21/h4-8H,2-3,9H2,1H3,(H,20,21)(H,22,23)(H,17,18,19)/b12-8-. The third-order valence-electron chi connectivity index (χ3n) is 2.95. The zero-order chi connectivity index (χ0) is 18.2. The van der Waals surface area contributed by atoms with Crippen molar-refractivity contribution >= 4 is 29.8 Å². The molecule has 0 atom stereocenters. The van der Waals surface area contributed by atoms with Gasteiger partial charge in [0.1, 0.15) is 16.5 Å². The number of aryl methyl sites for hydroxylation is 1. The zero-order valence-corrected chi connectivity index (χ0v) is 14.2. The second-order valence-electron chi connectivity index (χ2n) is 4.98. The van der Waals surface area contributed by atoms with Crippen LogP contribution in [-0.4, -0.2) is 43.9 Å². The molecule has 0 aliphatic heterocycles. The number of thioether (sulfide) groups is 1. The van der Waals surface area contributed by atoms with E-state index in [4.69, 9.17) is 9.84 Å². The minimum Gasteiger partial charge on any atom is -0.482 e. The minimum absolute atomic E-state index is 0.0706. The minimum atomic E-state index is -1.09. The Labute approximate surface area is 147 Å². The number of hydrogen-bond donors (Lipinski definition) is 3. The summed E-state index contributed by atoms with van der Waals surface area (Å²) in [4.78, 5) is 26.2. The molecule has 8 nitrogen and oxygen atoms in total. The fourth-order valence-corrected chi connectivity index (χ4v) is 2.59. The maximum absolute atomic E-state index is 11.4. The van der Waals surface area contributed by atoms with Crippen LogP contribution in [0.5, 0.6) is 5.75 Å². The molecular weight excluding hydrogens is 346 g/mol. The highest BCUT2D eigenvalue weighted by Crippen LogP contribution is 2.26. The molecule has 0 radical (unpaired) electrons. The number of ether oxygens (including phenoxy) is 1. The third kappa shape index (κ3) is 5.96. The highest BCUT2D eigenvalue weighted by molar-refractivity contribution is 8.04. The van der Waals surface area contributed by atoms with Crippen LogP contribution in [0.25, 0.3) is 6.08 Å². The third-order valence-corrected chi connectivity index (χ3v) is 3.83. The van der Waals surface area contributed by atoms with Gasteiger partial charge < -0.3 is 14.9 Å². The summed E-state index contributed by atoms with van der Waals surface area (Å²) >= 11 is 0.956. The molecule has 0 aliphatic rings. The van der Waals surface area contributed by atoms with Crippen molar-refractivity contribution in [1.29, 1.82) is 0 Å².